The van der Waals surface area contributed by atoms with Crippen molar-refractivity contribution in [2.75, 3.05) is 13.2 Å². The number of unbranched alkanes of at least 4 members (excludes halogenated alkanes) is 20. The highest BCUT2D eigenvalue weighted by molar-refractivity contribution is 5.91. The van der Waals surface area contributed by atoms with Crippen molar-refractivity contribution in [3.05, 3.63) is 125 Å². The van der Waals surface area contributed by atoms with Crippen LogP contribution >= 0.6 is 0 Å². The Hall–Kier alpha value is -4.51. The topological polar surface area (TPSA) is 60.2 Å². The second-order valence-corrected chi connectivity index (χ2v) is 16.9. The van der Waals surface area contributed by atoms with E-state index in [4.69, 9.17) is 9.47 Å². The number of carbonyl (C=O) groups excluding carboxylic acids is 1. The van der Waals surface area contributed by atoms with Crippen LogP contribution in [-0.4, -0.2) is 31.6 Å². The molecule has 0 radical (unpaired) electrons. The maximum Gasteiger partial charge on any atom is 0.338 e. The Morgan fingerprint density at radius 1 is 0.426 bits per heavy atom. The molecular weight excluding hydrogens is 749 g/mol. The minimum absolute atomic E-state index is 0.294. The number of esters is 1. The summed E-state index contributed by atoms with van der Waals surface area (Å²) in [5.74, 6) is 0.555. The van der Waals surface area contributed by atoms with Gasteiger partial charge >= 0.3 is 5.97 Å². The van der Waals surface area contributed by atoms with Crippen LogP contribution in [0.2, 0.25) is 0 Å². The average Bonchev–Trinajstić information content (AvgIpc) is 3.29. The number of rotatable bonds is 34. The summed E-state index contributed by atoms with van der Waals surface area (Å²) in [6.07, 6.45) is 36.0. The van der Waals surface area contributed by atoms with Crippen molar-refractivity contribution in [3.8, 4) is 5.75 Å². The molecule has 0 bridgehead atoms. The Morgan fingerprint density at radius 3 is 1.25 bits per heavy atom. The van der Waals surface area contributed by atoms with Crippen molar-refractivity contribution in [1.82, 2.24) is 0 Å². The monoisotopic (exact) mass is 827 g/mol. The molecule has 0 fully saturated rings. The highest BCUT2D eigenvalue weighted by atomic mass is 16.5. The lowest BCUT2D eigenvalue weighted by atomic mass is 10.0. The van der Waals surface area contributed by atoms with Crippen LogP contribution in [0.1, 0.15) is 194 Å². The molecule has 0 heterocycles. The molecule has 0 aliphatic heterocycles. The van der Waals surface area contributed by atoms with Crippen molar-refractivity contribution in [2.24, 2.45) is 9.98 Å². The molecule has 0 atom stereocenters. The maximum atomic E-state index is 12.6. The largest absolute Gasteiger partial charge is 0.494 e. The molecular formula is C56H78N2O3. The summed E-state index contributed by atoms with van der Waals surface area (Å²) in [5, 5.41) is 0. The van der Waals surface area contributed by atoms with Crippen LogP contribution in [0.3, 0.4) is 0 Å². The van der Waals surface area contributed by atoms with E-state index in [1.807, 2.05) is 48.8 Å². The summed E-state index contributed by atoms with van der Waals surface area (Å²) >= 11 is 0. The molecule has 0 aromatic heterocycles. The van der Waals surface area contributed by atoms with Crippen molar-refractivity contribution in [1.29, 1.82) is 0 Å². The van der Waals surface area contributed by atoms with Crippen LogP contribution in [-0.2, 0) is 17.6 Å². The summed E-state index contributed by atoms with van der Waals surface area (Å²) in [5.41, 5.74) is 7.23. The Kier molecular flexibility index (Phi) is 26.0. The van der Waals surface area contributed by atoms with Gasteiger partial charge in [-0.1, -0.05) is 166 Å². The molecule has 0 N–H and O–H groups in total. The number of nitrogens with zero attached hydrogens (tertiary/aromatic N) is 2. The molecule has 0 saturated heterocycles. The number of hydrogen-bond donors (Lipinski definition) is 0. The standard InChI is InChI=1S/C56H78N2O3/c1-3-5-7-9-11-13-15-17-19-22-26-48-30-38-53(39-31-48)57-46-50-28-36-52(37-29-50)56(59)61-45-25-21-24-44-60-55-42-34-51(35-43-55)47-58-54-40-32-49(33-41-54)27-23-20-18-16-14-12-10-8-6-4-2/h28-43,46-47H,3-27,44-45H2,1-2H3. The van der Waals surface area contributed by atoms with E-state index in [1.165, 1.54) is 140 Å². The molecule has 0 spiro atoms. The first-order valence-electron chi connectivity index (χ1n) is 24.4. The molecule has 5 heteroatoms. The fourth-order valence-corrected chi connectivity index (χ4v) is 7.60. The molecule has 0 amide bonds. The van der Waals surface area contributed by atoms with Gasteiger partial charge in [0.25, 0.3) is 0 Å². The van der Waals surface area contributed by atoms with Gasteiger partial charge in [-0.3, -0.25) is 9.98 Å². The summed E-state index contributed by atoms with van der Waals surface area (Å²) in [6, 6.07) is 32.7. The van der Waals surface area contributed by atoms with E-state index in [-0.39, 0.29) is 5.97 Å². The van der Waals surface area contributed by atoms with Crippen LogP contribution in [0.5, 0.6) is 5.75 Å². The number of carbonyl (C=O) groups is 1. The summed E-state index contributed by atoms with van der Waals surface area (Å²) in [7, 11) is 0. The normalized spacial score (nSPS) is 11.5. The number of hydrogen-bond acceptors (Lipinski definition) is 5. The first kappa shape index (κ1) is 49.1. The number of aliphatic imine (C=N–C) groups is 2. The molecule has 5 nitrogen and oxygen atoms in total. The maximum absolute atomic E-state index is 12.6. The minimum atomic E-state index is -0.294. The average molecular weight is 827 g/mol. The van der Waals surface area contributed by atoms with Crippen molar-refractivity contribution in [3.63, 3.8) is 0 Å². The van der Waals surface area contributed by atoms with Crippen LogP contribution < -0.4 is 4.74 Å². The summed E-state index contributed by atoms with van der Waals surface area (Å²) in [6.45, 7) is 5.58. The lowest BCUT2D eigenvalue weighted by Crippen LogP contribution is -2.07. The summed E-state index contributed by atoms with van der Waals surface area (Å²) in [4.78, 5) is 21.9. The summed E-state index contributed by atoms with van der Waals surface area (Å²) < 4.78 is 11.5. The van der Waals surface area contributed by atoms with Gasteiger partial charge in [0.05, 0.1) is 30.2 Å². The van der Waals surface area contributed by atoms with Crippen LogP contribution in [0.4, 0.5) is 11.4 Å². The van der Waals surface area contributed by atoms with E-state index in [9.17, 15) is 4.79 Å². The van der Waals surface area contributed by atoms with Crippen molar-refractivity contribution in [2.45, 2.75) is 174 Å². The molecule has 0 unspecified atom stereocenters. The first-order valence-corrected chi connectivity index (χ1v) is 24.4. The van der Waals surface area contributed by atoms with Gasteiger partial charge in [-0.05, 0) is 128 Å². The second kappa shape index (κ2) is 32.2. The van der Waals surface area contributed by atoms with E-state index in [0.29, 0.717) is 18.8 Å². The predicted molar refractivity (Wildman–Crippen MR) is 261 cm³/mol. The third-order valence-corrected chi connectivity index (χ3v) is 11.6. The third-order valence-electron chi connectivity index (χ3n) is 11.6. The van der Waals surface area contributed by atoms with E-state index in [1.54, 1.807) is 12.1 Å². The van der Waals surface area contributed by atoms with Crippen molar-refractivity contribution < 1.29 is 14.3 Å². The second-order valence-electron chi connectivity index (χ2n) is 16.9. The van der Waals surface area contributed by atoms with E-state index in [2.05, 4.69) is 72.4 Å². The van der Waals surface area contributed by atoms with Gasteiger partial charge in [0.1, 0.15) is 5.75 Å². The smallest absolute Gasteiger partial charge is 0.338 e. The van der Waals surface area contributed by atoms with Gasteiger partial charge in [-0.15, -0.1) is 0 Å². The lowest BCUT2D eigenvalue weighted by molar-refractivity contribution is 0.0497. The fourth-order valence-electron chi connectivity index (χ4n) is 7.60. The highest BCUT2D eigenvalue weighted by Gasteiger charge is 2.07. The Morgan fingerprint density at radius 2 is 0.803 bits per heavy atom. The molecule has 61 heavy (non-hydrogen) atoms. The molecule has 4 aromatic carbocycles. The van der Waals surface area contributed by atoms with Gasteiger partial charge in [0.15, 0.2) is 0 Å². The highest BCUT2D eigenvalue weighted by Crippen LogP contribution is 2.19. The fraction of sp³-hybridized carbons (Fsp3) is 0.518. The van der Waals surface area contributed by atoms with E-state index < -0.39 is 0 Å². The zero-order valence-corrected chi connectivity index (χ0v) is 38.1. The zero-order chi connectivity index (χ0) is 42.8. The van der Waals surface area contributed by atoms with Crippen LogP contribution in [0.25, 0.3) is 0 Å². The molecule has 0 saturated carbocycles. The van der Waals surface area contributed by atoms with E-state index >= 15 is 0 Å². The molecule has 0 aliphatic rings. The quantitative estimate of drug-likeness (QED) is 0.0268. The Bertz CT molecular complexity index is 1740. The Labute approximate surface area is 370 Å². The SMILES string of the molecule is CCCCCCCCCCCCc1ccc(N=Cc2ccc(OCCCCCOC(=O)c3ccc(C=Nc4ccc(CCCCCCCCCCCC)cc4)cc3)cc2)cc1. The van der Waals surface area contributed by atoms with Crippen molar-refractivity contribution >= 4 is 29.8 Å². The number of ether oxygens (including phenoxy) is 2. The third kappa shape index (κ3) is 22.8. The molecule has 0 aliphatic carbocycles. The van der Waals surface area contributed by atoms with Gasteiger partial charge in [-0.25, -0.2) is 4.79 Å². The molecule has 330 valence electrons. The van der Waals surface area contributed by atoms with Gasteiger partial charge in [-0.2, -0.15) is 0 Å². The van der Waals surface area contributed by atoms with Gasteiger partial charge < -0.3 is 9.47 Å². The molecule has 4 rings (SSSR count). The minimum Gasteiger partial charge on any atom is -0.494 e. The predicted octanol–water partition coefficient (Wildman–Crippen LogP) is 16.5. The van der Waals surface area contributed by atoms with Gasteiger partial charge in [0, 0.05) is 12.4 Å². The number of benzene rings is 4. The first-order chi connectivity index (χ1) is 30.1. The zero-order valence-electron chi connectivity index (χ0n) is 38.1. The van der Waals surface area contributed by atoms with Crippen LogP contribution in [0.15, 0.2) is 107 Å². The Balaban J connectivity index is 1.000. The lowest BCUT2D eigenvalue weighted by Gasteiger charge is -2.07. The number of aryl methyl sites for hydroxylation is 2. The van der Waals surface area contributed by atoms with Crippen LogP contribution in [0, 0.1) is 0 Å². The molecule has 4 aromatic rings. The van der Waals surface area contributed by atoms with E-state index in [0.717, 1.165) is 60.4 Å². The van der Waals surface area contributed by atoms with Gasteiger partial charge in [0.2, 0.25) is 0 Å².